The van der Waals surface area contributed by atoms with Gasteiger partial charge in [0, 0.05) is 74.5 Å². The molecule has 0 radical (unpaired) electrons. The molecule has 108 heavy (non-hydrogen) atoms. The minimum atomic E-state index is -1.65. The molecule has 616 valence electrons. The number of aliphatic hydroxyl groups is 1. The summed E-state index contributed by atoms with van der Waals surface area (Å²) in [5, 5.41) is 26.2. The number of carbonyl (C=O) groups excluding carboxylic acids is 12. The number of nitrogens with zero attached hydrogens (tertiary/aromatic N) is 8. The summed E-state index contributed by atoms with van der Waals surface area (Å²) in [6.07, 6.45) is 10.6. The van der Waals surface area contributed by atoms with Crippen molar-refractivity contribution in [3.8, 4) is 0 Å². The van der Waals surface area contributed by atoms with Gasteiger partial charge in [0.05, 0.1) is 44.5 Å². The first-order valence-electron chi connectivity index (χ1n) is 40.9. The maximum absolute atomic E-state index is 15.7. The first-order valence-corrected chi connectivity index (χ1v) is 40.9. The highest BCUT2D eigenvalue weighted by Gasteiger charge is 2.45. The minimum absolute atomic E-state index is 0.00449. The lowest BCUT2D eigenvalue weighted by molar-refractivity contribution is -0.153. The van der Waals surface area contributed by atoms with E-state index in [9.17, 15) is 14.7 Å². The second-order valence-corrected chi connectivity index (χ2v) is 34.3. The zero-order valence-corrected chi connectivity index (χ0v) is 69.2. The maximum Gasteiger partial charge on any atom is 0.248 e. The molecule has 2 saturated carbocycles. The summed E-state index contributed by atoms with van der Waals surface area (Å²) in [5.41, 5.74) is -0.839. The van der Waals surface area contributed by atoms with Crippen LogP contribution in [0.1, 0.15) is 231 Å². The van der Waals surface area contributed by atoms with Crippen molar-refractivity contribution in [2.75, 3.05) is 101 Å². The zero-order chi connectivity index (χ0) is 80.4. The Morgan fingerprint density at radius 3 is 1.52 bits per heavy atom. The Hall–Kier alpha value is -6.52. The fourth-order valence-electron chi connectivity index (χ4n) is 15.9. The van der Waals surface area contributed by atoms with Gasteiger partial charge in [-0.1, -0.05) is 133 Å². The molecule has 0 unspecified atom stereocenters. The average Bonchev–Trinajstić information content (AvgIpc) is 0.819. The van der Waals surface area contributed by atoms with Crippen LogP contribution in [0.2, 0.25) is 0 Å². The molecule has 0 aromatic carbocycles. The van der Waals surface area contributed by atoms with Crippen LogP contribution in [0.4, 0.5) is 0 Å². The predicted octanol–water partition coefficient (Wildman–Crippen LogP) is 5.24. The number of rotatable bonds is 21. The molecule has 28 nitrogen and oxygen atoms in total. The standard InChI is InChI=1S/C80H141N13O15/c1-19-20-35-93-49-67(96)86(14)63(45-53(6)7)71(98)84-61(50-108-80(11,12)13)76(103)89(17)65(47-57-32-26-22-27-33-57)78(105)90(18)69(54(8)9)73(100)83-60(77(104)92-36-28-23-29-37-92)48-66(95)81-58(43-51(2)3)74(101)88(16)64(46-56-30-24-21-25-31-56)72(99)82-59(44-52(4)5)75(102)87(15)62(34-38-91-39-41-107-42-40-91)70(97)85-68(55(10)94)79(93)106/h51-65,68-69,94H,19-50H2,1-18H3,(H,81,95)(H,82,99)(H,83,100)(H,84,98)(H,85,97)/t55-,58-,59+,60+,61+,62+,63+,64+,65+,68+,69+/m1/s1. The van der Waals surface area contributed by atoms with E-state index in [0.29, 0.717) is 71.6 Å². The lowest BCUT2D eigenvalue weighted by atomic mass is 9.84. The molecule has 28 heteroatoms. The number of hydrogen-bond acceptors (Lipinski definition) is 16. The second kappa shape index (κ2) is 44.5. The van der Waals surface area contributed by atoms with E-state index in [-0.39, 0.29) is 81.3 Å². The third kappa shape index (κ3) is 28.3. The number of hydrogen-bond donors (Lipinski definition) is 6. The fraction of sp³-hybridized carbons (Fsp3) is 0.850. The van der Waals surface area contributed by atoms with Crippen molar-refractivity contribution in [2.45, 2.75) is 303 Å². The first-order chi connectivity index (χ1) is 50.8. The smallest absolute Gasteiger partial charge is 0.248 e. The zero-order valence-electron chi connectivity index (χ0n) is 69.2. The summed E-state index contributed by atoms with van der Waals surface area (Å²) in [6.45, 7) is 25.5. The highest BCUT2D eigenvalue weighted by Crippen LogP contribution is 2.32. The lowest BCUT2D eigenvalue weighted by Crippen LogP contribution is -2.62. The monoisotopic (exact) mass is 1520 g/mol. The van der Waals surface area contributed by atoms with Crippen molar-refractivity contribution in [1.82, 2.24) is 65.8 Å². The van der Waals surface area contributed by atoms with Gasteiger partial charge in [-0.25, -0.2) is 0 Å². The molecular weight excluding hydrogens is 1380 g/mol. The van der Waals surface area contributed by atoms with E-state index >= 15 is 47.9 Å². The lowest BCUT2D eigenvalue weighted by Gasteiger charge is -2.39. The molecule has 11 atom stereocenters. The molecule has 3 saturated heterocycles. The quantitative estimate of drug-likeness (QED) is 0.0855. The number of piperidine rings is 1. The number of likely N-dealkylation sites (tertiary alicyclic amines) is 1. The van der Waals surface area contributed by atoms with Gasteiger partial charge in [-0.2, -0.15) is 0 Å². The van der Waals surface area contributed by atoms with Gasteiger partial charge in [-0.3, -0.25) is 62.4 Å². The van der Waals surface area contributed by atoms with E-state index < -0.39 is 162 Å². The van der Waals surface area contributed by atoms with Crippen LogP contribution in [0.15, 0.2) is 0 Å². The minimum Gasteiger partial charge on any atom is -0.391 e. The molecule has 12 amide bonds. The van der Waals surface area contributed by atoms with Crippen LogP contribution in [0.25, 0.3) is 0 Å². The van der Waals surface area contributed by atoms with E-state index in [1.165, 1.54) is 71.6 Å². The average molecular weight is 1530 g/mol. The summed E-state index contributed by atoms with van der Waals surface area (Å²) >= 11 is 0. The Bertz CT molecular complexity index is 2940. The summed E-state index contributed by atoms with van der Waals surface area (Å²) in [6, 6.07) is -13.2. The molecule has 5 fully saturated rings. The summed E-state index contributed by atoms with van der Waals surface area (Å²) in [5.74, 6) is -9.28. The van der Waals surface area contributed by atoms with Crippen LogP contribution in [-0.2, 0) is 67.0 Å². The number of nitrogens with one attached hydrogen (secondary N) is 5. The summed E-state index contributed by atoms with van der Waals surface area (Å²) in [7, 11) is 7.38. The van der Waals surface area contributed by atoms with Crippen LogP contribution in [0.3, 0.4) is 0 Å². The first kappa shape index (κ1) is 92.1. The van der Waals surface area contributed by atoms with Crippen LogP contribution >= 0.6 is 0 Å². The Morgan fingerprint density at radius 1 is 0.519 bits per heavy atom. The Balaban J connectivity index is 1.73. The van der Waals surface area contributed by atoms with Gasteiger partial charge in [-0.15, -0.1) is 0 Å². The topological polar surface area (TPSA) is 330 Å². The molecule has 3 heterocycles. The highest BCUT2D eigenvalue weighted by atomic mass is 16.5. The van der Waals surface area contributed by atoms with Gasteiger partial charge in [0.2, 0.25) is 70.9 Å². The van der Waals surface area contributed by atoms with Crippen molar-refractivity contribution < 1.29 is 72.1 Å². The van der Waals surface area contributed by atoms with Gasteiger partial charge in [0.15, 0.2) is 0 Å². The summed E-state index contributed by atoms with van der Waals surface area (Å²) < 4.78 is 11.9. The van der Waals surface area contributed by atoms with Crippen molar-refractivity contribution in [3.63, 3.8) is 0 Å². The van der Waals surface area contributed by atoms with E-state index in [1.54, 1.807) is 39.5 Å². The van der Waals surface area contributed by atoms with Crippen LogP contribution in [0, 0.1) is 35.5 Å². The number of carbonyl (C=O) groups is 12. The van der Waals surface area contributed by atoms with Crippen molar-refractivity contribution in [1.29, 1.82) is 0 Å². The number of amides is 12. The molecule has 5 aliphatic rings. The van der Waals surface area contributed by atoms with E-state index in [2.05, 4.69) is 31.5 Å². The molecule has 0 spiro atoms. The Morgan fingerprint density at radius 2 is 1.00 bits per heavy atom. The molecular formula is C80H141N13O15. The number of aliphatic hydroxyl groups excluding tert-OH is 1. The van der Waals surface area contributed by atoms with Crippen molar-refractivity contribution in [2.24, 2.45) is 35.5 Å². The molecule has 3 aliphatic heterocycles. The molecule has 2 aliphatic carbocycles. The molecule has 6 N–H and O–H groups in total. The largest absolute Gasteiger partial charge is 0.391 e. The van der Waals surface area contributed by atoms with Gasteiger partial charge in [0.1, 0.15) is 60.4 Å². The molecule has 0 aromatic rings. The third-order valence-corrected chi connectivity index (χ3v) is 22.3. The maximum atomic E-state index is 15.7. The summed E-state index contributed by atoms with van der Waals surface area (Å²) in [4.78, 5) is 195. The van der Waals surface area contributed by atoms with Crippen LogP contribution < -0.4 is 26.6 Å². The molecule has 0 aromatic heterocycles. The third-order valence-electron chi connectivity index (χ3n) is 22.3. The molecule has 0 bridgehead atoms. The molecule has 5 rings (SSSR count). The van der Waals surface area contributed by atoms with E-state index in [1.807, 2.05) is 48.5 Å². The normalized spacial score (nSPS) is 27.3. The Kier molecular flexibility index (Phi) is 37.9. The number of ether oxygens (including phenoxy) is 2. The van der Waals surface area contributed by atoms with Gasteiger partial charge >= 0.3 is 0 Å². The number of morpholine rings is 1. The van der Waals surface area contributed by atoms with Crippen molar-refractivity contribution in [3.05, 3.63) is 0 Å². The van der Waals surface area contributed by atoms with E-state index in [4.69, 9.17) is 9.47 Å². The van der Waals surface area contributed by atoms with E-state index in [0.717, 1.165) is 70.6 Å². The van der Waals surface area contributed by atoms with Crippen molar-refractivity contribution >= 4 is 70.9 Å². The van der Waals surface area contributed by atoms with Gasteiger partial charge in [0.25, 0.3) is 0 Å². The van der Waals surface area contributed by atoms with Gasteiger partial charge < -0.3 is 75.5 Å². The predicted molar refractivity (Wildman–Crippen MR) is 414 cm³/mol. The SMILES string of the molecule is CCCCN1CC(=O)N(C)[C@@H](CC(C)C)C(=O)N[C@@H](COC(C)(C)C)C(=O)N(C)[C@@H](CC2CCCCC2)C(=O)N(C)[C@@H](C(C)C)C(=O)N[C@H](C(=O)N2CCCCC2)CC(=O)N[C@H](CC(C)C)C(=O)N(C)[C@@H](CC2CCCCC2)C(=O)N[C@@H](CC(C)C)C(=O)N(C)[C@@H](CCN2CCOCC2)C(=O)N[C@@H]([C@@H](C)O)C1=O. The number of unbranched alkanes of at least 4 members (excludes halogenated alkanes) is 1. The fourth-order valence-corrected chi connectivity index (χ4v) is 15.9. The second-order valence-electron chi connectivity index (χ2n) is 34.3. The van der Waals surface area contributed by atoms with Crippen LogP contribution in [0.5, 0.6) is 0 Å². The Labute approximate surface area is 645 Å². The highest BCUT2D eigenvalue weighted by molar-refractivity contribution is 6.00. The van der Waals surface area contributed by atoms with Crippen LogP contribution in [-0.4, -0.2) is 288 Å². The number of likely N-dealkylation sites (N-methyl/N-ethyl adjacent to an activating group) is 5. The van der Waals surface area contributed by atoms with Gasteiger partial charge in [-0.05, 0) is 127 Å².